The van der Waals surface area contributed by atoms with Gasteiger partial charge in [-0.05, 0) is 0 Å². The van der Waals surface area contributed by atoms with Gasteiger partial charge in [0.2, 0.25) is 0 Å². The van der Waals surface area contributed by atoms with Crippen molar-refractivity contribution in [2.75, 3.05) is 0 Å². The van der Waals surface area contributed by atoms with E-state index in [1.165, 1.54) is 0 Å². The van der Waals surface area contributed by atoms with Gasteiger partial charge in [-0.15, -0.1) is 0 Å². The van der Waals surface area contributed by atoms with Crippen LogP contribution in [0, 0.1) is 0 Å². The van der Waals surface area contributed by atoms with Crippen LogP contribution in [0.4, 0.5) is 5.69 Å². The Hall–Kier alpha value is -0.860. The molecule has 0 radical (unpaired) electrons. The third-order valence-electron chi connectivity index (χ3n) is 0.992. The summed E-state index contributed by atoms with van der Waals surface area (Å²) in [6.07, 6.45) is 0. The molecule has 0 saturated carbocycles. The zero-order chi connectivity index (χ0) is 5.82. The predicted octanol–water partition coefficient (Wildman–Crippen LogP) is -0.245. The normalized spacial score (nSPS) is 9.12. The first-order chi connectivity index (χ1) is 3.93. The standard InChI is InChI=1S/C6H8N2/c7-8-6-4-2-1-3-5-6/h1-5,8H,7H2/p+1. The van der Waals surface area contributed by atoms with Gasteiger partial charge in [0, 0.05) is 12.1 Å². The van der Waals surface area contributed by atoms with Crippen molar-refractivity contribution in [3.63, 3.8) is 0 Å². The van der Waals surface area contributed by atoms with E-state index in [4.69, 9.17) is 5.84 Å². The number of nitrogens with two attached hydrogens (primary N) is 2. The number of hydrogen-bond donors (Lipinski definition) is 2. The number of quaternary nitrogens is 1. The molecule has 0 atom stereocenters. The molecule has 1 aromatic rings. The maximum Gasteiger partial charge on any atom is 0.148 e. The summed E-state index contributed by atoms with van der Waals surface area (Å²) in [5.74, 6) is 5.22. The van der Waals surface area contributed by atoms with Crippen LogP contribution < -0.4 is 11.3 Å². The van der Waals surface area contributed by atoms with Crippen molar-refractivity contribution in [3.8, 4) is 0 Å². The number of benzene rings is 1. The Morgan fingerprint density at radius 2 is 1.75 bits per heavy atom. The van der Waals surface area contributed by atoms with Gasteiger partial charge in [-0.2, -0.15) is 5.84 Å². The van der Waals surface area contributed by atoms with E-state index >= 15 is 0 Å². The average molecular weight is 109 g/mol. The molecule has 1 aromatic carbocycles. The first-order valence-electron chi connectivity index (χ1n) is 2.53. The van der Waals surface area contributed by atoms with Crippen molar-refractivity contribution >= 4 is 5.69 Å². The molecule has 2 heteroatoms. The largest absolute Gasteiger partial charge is 0.240 e. The lowest BCUT2D eigenvalue weighted by molar-refractivity contribution is -0.584. The number of hydrogen-bond acceptors (Lipinski definition) is 1. The van der Waals surface area contributed by atoms with Gasteiger partial charge < -0.3 is 0 Å². The smallest absolute Gasteiger partial charge is 0.148 e. The summed E-state index contributed by atoms with van der Waals surface area (Å²) in [5, 5.41) is 0. The first kappa shape index (κ1) is 5.28. The molecular formula is C6H9N2+. The molecule has 8 heavy (non-hydrogen) atoms. The van der Waals surface area contributed by atoms with Crippen LogP contribution in [0.3, 0.4) is 0 Å². The molecule has 0 heterocycles. The van der Waals surface area contributed by atoms with Crippen LogP contribution >= 0.6 is 0 Å². The highest BCUT2D eigenvalue weighted by atomic mass is 15.2. The van der Waals surface area contributed by atoms with Crippen molar-refractivity contribution in [2.24, 2.45) is 5.84 Å². The molecule has 42 valence electrons. The van der Waals surface area contributed by atoms with E-state index in [2.05, 4.69) is 0 Å². The summed E-state index contributed by atoms with van der Waals surface area (Å²) in [6.45, 7) is 0. The second kappa shape index (κ2) is 2.45. The molecule has 0 fully saturated rings. The lowest BCUT2D eigenvalue weighted by Gasteiger charge is -1.87. The monoisotopic (exact) mass is 109 g/mol. The predicted molar refractivity (Wildman–Crippen MR) is 32.2 cm³/mol. The fourth-order valence-electron chi connectivity index (χ4n) is 0.564. The molecular weight excluding hydrogens is 100 g/mol. The van der Waals surface area contributed by atoms with Crippen molar-refractivity contribution < 1.29 is 5.43 Å². The van der Waals surface area contributed by atoms with Gasteiger partial charge in [0.15, 0.2) is 0 Å². The molecule has 2 nitrogen and oxygen atoms in total. The second-order valence-electron chi connectivity index (χ2n) is 1.58. The Morgan fingerprint density at radius 1 is 1.12 bits per heavy atom. The Morgan fingerprint density at radius 3 is 2.12 bits per heavy atom. The third kappa shape index (κ3) is 1.05. The van der Waals surface area contributed by atoms with Gasteiger partial charge in [0.25, 0.3) is 0 Å². The van der Waals surface area contributed by atoms with E-state index in [9.17, 15) is 0 Å². The van der Waals surface area contributed by atoms with Gasteiger partial charge in [-0.1, -0.05) is 18.2 Å². The van der Waals surface area contributed by atoms with Crippen molar-refractivity contribution in [1.82, 2.24) is 0 Å². The minimum atomic E-state index is 1.06. The summed E-state index contributed by atoms with van der Waals surface area (Å²) in [6, 6.07) is 9.80. The van der Waals surface area contributed by atoms with Gasteiger partial charge in [0.1, 0.15) is 5.69 Å². The molecule has 0 aromatic heterocycles. The van der Waals surface area contributed by atoms with Gasteiger partial charge >= 0.3 is 0 Å². The average Bonchev–Trinajstić information content (AvgIpc) is 1.90. The molecule has 0 unspecified atom stereocenters. The Labute approximate surface area is 48.3 Å². The highest BCUT2D eigenvalue weighted by Crippen LogP contribution is 1.94. The van der Waals surface area contributed by atoms with E-state index in [1.807, 2.05) is 30.3 Å². The van der Waals surface area contributed by atoms with Crippen LogP contribution in [0.15, 0.2) is 30.3 Å². The quantitative estimate of drug-likeness (QED) is 0.291. The van der Waals surface area contributed by atoms with Crippen molar-refractivity contribution in [3.05, 3.63) is 30.3 Å². The summed E-state index contributed by atoms with van der Waals surface area (Å²) >= 11 is 0. The molecule has 4 N–H and O–H groups in total. The molecule has 0 aliphatic heterocycles. The Kier molecular flexibility index (Phi) is 1.62. The van der Waals surface area contributed by atoms with Gasteiger partial charge in [-0.25, -0.2) is 5.43 Å². The van der Waals surface area contributed by atoms with Crippen LogP contribution in [0.2, 0.25) is 0 Å². The summed E-state index contributed by atoms with van der Waals surface area (Å²) < 4.78 is 0. The summed E-state index contributed by atoms with van der Waals surface area (Å²) in [7, 11) is 0. The Balaban J connectivity index is 2.83. The van der Waals surface area contributed by atoms with Crippen molar-refractivity contribution in [1.29, 1.82) is 0 Å². The van der Waals surface area contributed by atoms with Crippen LogP contribution in [-0.2, 0) is 0 Å². The SMILES string of the molecule is N[NH2+]c1ccccc1. The molecule has 1 rings (SSSR count). The fraction of sp³-hybridized carbons (Fsp3) is 0. The lowest BCUT2D eigenvalue weighted by Crippen LogP contribution is -2.85. The third-order valence-corrected chi connectivity index (χ3v) is 0.992. The first-order valence-corrected chi connectivity index (χ1v) is 2.53. The Bertz CT molecular complexity index is 148. The van der Waals surface area contributed by atoms with E-state index in [-0.39, 0.29) is 0 Å². The molecule has 0 saturated heterocycles. The topological polar surface area (TPSA) is 42.6 Å². The molecule has 0 aliphatic carbocycles. The van der Waals surface area contributed by atoms with Crippen LogP contribution in [0.1, 0.15) is 0 Å². The zero-order valence-electron chi connectivity index (χ0n) is 4.54. The summed E-state index contributed by atoms with van der Waals surface area (Å²) in [5.41, 5.74) is 2.65. The minimum Gasteiger partial charge on any atom is -0.240 e. The molecule has 0 aliphatic rings. The van der Waals surface area contributed by atoms with Gasteiger partial charge in [0.05, 0.1) is 0 Å². The van der Waals surface area contributed by atoms with E-state index in [0.29, 0.717) is 0 Å². The van der Waals surface area contributed by atoms with Crippen LogP contribution in [0.5, 0.6) is 0 Å². The van der Waals surface area contributed by atoms with Gasteiger partial charge in [-0.3, -0.25) is 0 Å². The van der Waals surface area contributed by atoms with Crippen LogP contribution in [-0.4, -0.2) is 0 Å². The molecule has 0 bridgehead atoms. The van der Waals surface area contributed by atoms with Crippen molar-refractivity contribution in [2.45, 2.75) is 0 Å². The summed E-state index contributed by atoms with van der Waals surface area (Å²) in [4.78, 5) is 0. The second-order valence-corrected chi connectivity index (χ2v) is 1.58. The highest BCUT2D eigenvalue weighted by Gasteiger charge is 1.84. The van der Waals surface area contributed by atoms with E-state index in [0.717, 1.165) is 5.69 Å². The maximum absolute atomic E-state index is 5.22. The maximum atomic E-state index is 5.22. The number of rotatable bonds is 1. The van der Waals surface area contributed by atoms with E-state index in [1.54, 1.807) is 5.43 Å². The molecule has 0 amide bonds. The molecule has 0 spiro atoms. The van der Waals surface area contributed by atoms with Crippen LogP contribution in [0.25, 0.3) is 0 Å². The fourth-order valence-corrected chi connectivity index (χ4v) is 0.564. The lowest BCUT2D eigenvalue weighted by atomic mass is 10.3. The highest BCUT2D eigenvalue weighted by molar-refractivity contribution is 5.26. The minimum absolute atomic E-state index is 1.06. The van der Waals surface area contributed by atoms with E-state index < -0.39 is 0 Å². The zero-order valence-corrected chi connectivity index (χ0v) is 4.54.